The number of nitrogens with one attached hydrogen (secondary N) is 1. The summed E-state index contributed by atoms with van der Waals surface area (Å²) in [5.41, 5.74) is 3.51. The summed E-state index contributed by atoms with van der Waals surface area (Å²) in [5.74, 6) is 0.774. The molecule has 4 heteroatoms. The van der Waals surface area contributed by atoms with Gasteiger partial charge in [0.15, 0.2) is 0 Å². The molecule has 0 radical (unpaired) electrons. The molecule has 0 aliphatic heterocycles. The van der Waals surface area contributed by atoms with E-state index in [2.05, 4.69) is 35.5 Å². The largest absolute Gasteiger partial charge is 0.356 e. The highest BCUT2D eigenvalue weighted by atomic mass is 16.2. The number of aromatic nitrogens is 2. The van der Waals surface area contributed by atoms with Gasteiger partial charge in [-0.1, -0.05) is 30.3 Å². The van der Waals surface area contributed by atoms with Gasteiger partial charge in [0, 0.05) is 24.7 Å². The number of amides is 1. The molecule has 22 heavy (non-hydrogen) atoms. The molecule has 4 nitrogen and oxygen atoms in total. The van der Waals surface area contributed by atoms with Crippen LogP contribution < -0.4 is 5.32 Å². The van der Waals surface area contributed by atoms with Crippen molar-refractivity contribution < 1.29 is 4.79 Å². The van der Waals surface area contributed by atoms with E-state index in [4.69, 9.17) is 0 Å². The maximum atomic E-state index is 12.1. The lowest BCUT2D eigenvalue weighted by Crippen LogP contribution is -2.27. The van der Waals surface area contributed by atoms with E-state index in [9.17, 15) is 4.79 Å². The molecule has 3 rings (SSSR count). The van der Waals surface area contributed by atoms with Gasteiger partial charge in [0.1, 0.15) is 0 Å². The molecule has 1 saturated carbocycles. The molecule has 1 aromatic heterocycles. The highest BCUT2D eigenvalue weighted by molar-refractivity contribution is 5.82. The monoisotopic (exact) mass is 297 g/mol. The highest BCUT2D eigenvalue weighted by Crippen LogP contribution is 2.47. The SMILES string of the molecule is Cc1cc(C)n(CCCNC(=O)[C@@H]2C[C@H]2c2ccccc2)n1. The molecular weight excluding hydrogens is 274 g/mol. The quantitative estimate of drug-likeness (QED) is 0.833. The van der Waals surface area contributed by atoms with Crippen molar-refractivity contribution in [2.45, 2.75) is 39.2 Å². The number of benzene rings is 1. The third kappa shape index (κ3) is 3.38. The Kier molecular flexibility index (Phi) is 4.27. The lowest BCUT2D eigenvalue weighted by Gasteiger charge is -2.07. The molecule has 1 aromatic carbocycles. The van der Waals surface area contributed by atoms with E-state index in [-0.39, 0.29) is 11.8 Å². The van der Waals surface area contributed by atoms with Gasteiger partial charge in [-0.25, -0.2) is 0 Å². The van der Waals surface area contributed by atoms with Crippen LogP contribution in [0, 0.1) is 19.8 Å². The van der Waals surface area contributed by atoms with E-state index in [0.717, 1.165) is 31.6 Å². The van der Waals surface area contributed by atoms with Gasteiger partial charge < -0.3 is 5.32 Å². The fourth-order valence-electron chi connectivity index (χ4n) is 3.03. The first-order chi connectivity index (χ1) is 10.6. The lowest BCUT2D eigenvalue weighted by atomic mass is 10.1. The Bertz CT molecular complexity index is 648. The zero-order valence-electron chi connectivity index (χ0n) is 13.2. The molecular formula is C18H23N3O. The van der Waals surface area contributed by atoms with Crippen LogP contribution in [0.2, 0.25) is 0 Å². The lowest BCUT2D eigenvalue weighted by molar-refractivity contribution is -0.122. The van der Waals surface area contributed by atoms with Gasteiger partial charge in [-0.3, -0.25) is 9.48 Å². The first-order valence-electron chi connectivity index (χ1n) is 7.99. The van der Waals surface area contributed by atoms with Crippen molar-refractivity contribution in [2.24, 2.45) is 5.92 Å². The van der Waals surface area contributed by atoms with Crippen molar-refractivity contribution >= 4 is 5.91 Å². The molecule has 1 aliphatic carbocycles. The van der Waals surface area contributed by atoms with E-state index in [1.165, 1.54) is 11.3 Å². The van der Waals surface area contributed by atoms with Crippen LogP contribution in [0.25, 0.3) is 0 Å². The van der Waals surface area contributed by atoms with Crippen LogP contribution in [-0.4, -0.2) is 22.2 Å². The standard InChI is InChI=1S/C18H23N3O/c1-13-11-14(2)21(20-13)10-6-9-19-18(22)17-12-16(17)15-7-4-3-5-8-15/h3-5,7-8,11,16-17H,6,9-10,12H2,1-2H3,(H,19,22)/t16-,17+/m0/s1. The van der Waals surface area contributed by atoms with E-state index in [1.54, 1.807) is 0 Å². The minimum Gasteiger partial charge on any atom is -0.356 e. The Labute approximate surface area is 131 Å². The van der Waals surface area contributed by atoms with Crippen molar-refractivity contribution in [1.29, 1.82) is 0 Å². The summed E-state index contributed by atoms with van der Waals surface area (Å²) in [5, 5.41) is 7.49. The van der Waals surface area contributed by atoms with Crippen LogP contribution in [0.3, 0.4) is 0 Å². The second kappa shape index (κ2) is 6.34. The summed E-state index contributed by atoms with van der Waals surface area (Å²) < 4.78 is 2.01. The molecule has 0 spiro atoms. The van der Waals surface area contributed by atoms with Crippen molar-refractivity contribution in [1.82, 2.24) is 15.1 Å². The van der Waals surface area contributed by atoms with Gasteiger partial charge in [0.05, 0.1) is 5.69 Å². The second-order valence-electron chi connectivity index (χ2n) is 6.15. The molecule has 1 fully saturated rings. The molecule has 2 aromatic rings. The minimum absolute atomic E-state index is 0.163. The minimum atomic E-state index is 0.163. The maximum absolute atomic E-state index is 12.1. The summed E-state index contributed by atoms with van der Waals surface area (Å²) >= 11 is 0. The van der Waals surface area contributed by atoms with Gasteiger partial charge >= 0.3 is 0 Å². The Morgan fingerprint density at radius 3 is 2.77 bits per heavy atom. The summed E-state index contributed by atoms with van der Waals surface area (Å²) in [6.45, 7) is 5.64. The van der Waals surface area contributed by atoms with Gasteiger partial charge in [0.25, 0.3) is 0 Å². The molecule has 0 saturated heterocycles. The molecule has 0 bridgehead atoms. The van der Waals surface area contributed by atoms with Crippen LogP contribution >= 0.6 is 0 Å². The number of nitrogens with zero attached hydrogens (tertiary/aromatic N) is 2. The van der Waals surface area contributed by atoms with Crippen molar-refractivity contribution in [2.75, 3.05) is 6.54 Å². The first-order valence-corrected chi connectivity index (χ1v) is 7.99. The number of hydrogen-bond acceptors (Lipinski definition) is 2. The van der Waals surface area contributed by atoms with Crippen LogP contribution in [0.4, 0.5) is 0 Å². The Balaban J connectivity index is 1.40. The molecule has 1 heterocycles. The molecule has 116 valence electrons. The summed E-state index contributed by atoms with van der Waals surface area (Å²) in [4.78, 5) is 12.1. The number of carbonyl (C=O) groups is 1. The van der Waals surface area contributed by atoms with Gasteiger partial charge in [-0.2, -0.15) is 5.10 Å². The number of carbonyl (C=O) groups excluding carboxylic acids is 1. The van der Waals surface area contributed by atoms with Crippen LogP contribution in [-0.2, 0) is 11.3 Å². The summed E-state index contributed by atoms with van der Waals surface area (Å²) in [6.07, 6.45) is 1.89. The number of aryl methyl sites for hydroxylation is 3. The third-order valence-electron chi connectivity index (χ3n) is 4.30. The second-order valence-corrected chi connectivity index (χ2v) is 6.15. The zero-order chi connectivity index (χ0) is 15.5. The van der Waals surface area contributed by atoms with Gasteiger partial charge in [-0.15, -0.1) is 0 Å². The predicted octanol–water partition coefficient (Wildman–Crippen LogP) is 2.81. The first kappa shape index (κ1) is 14.8. The Hall–Kier alpha value is -2.10. The Morgan fingerprint density at radius 1 is 1.32 bits per heavy atom. The summed E-state index contributed by atoms with van der Waals surface area (Å²) in [7, 11) is 0. The predicted molar refractivity (Wildman–Crippen MR) is 86.6 cm³/mol. The van der Waals surface area contributed by atoms with Crippen LogP contribution in [0.15, 0.2) is 36.4 Å². The maximum Gasteiger partial charge on any atom is 0.223 e. The van der Waals surface area contributed by atoms with Gasteiger partial charge in [-0.05, 0) is 44.2 Å². The van der Waals surface area contributed by atoms with Crippen LogP contribution in [0.1, 0.15) is 35.7 Å². The average molecular weight is 297 g/mol. The highest BCUT2D eigenvalue weighted by Gasteiger charge is 2.43. The average Bonchev–Trinajstić information content (AvgIpc) is 3.25. The van der Waals surface area contributed by atoms with Crippen molar-refractivity contribution in [3.8, 4) is 0 Å². The van der Waals surface area contributed by atoms with Crippen molar-refractivity contribution in [3.63, 3.8) is 0 Å². The fraction of sp³-hybridized carbons (Fsp3) is 0.444. The fourth-order valence-corrected chi connectivity index (χ4v) is 3.03. The van der Waals surface area contributed by atoms with E-state index in [0.29, 0.717) is 5.92 Å². The molecule has 2 atom stereocenters. The Morgan fingerprint density at radius 2 is 2.09 bits per heavy atom. The normalized spacial score (nSPS) is 19.9. The van der Waals surface area contributed by atoms with Crippen molar-refractivity contribution in [3.05, 3.63) is 53.3 Å². The smallest absolute Gasteiger partial charge is 0.223 e. The summed E-state index contributed by atoms with van der Waals surface area (Å²) in [6, 6.07) is 12.4. The third-order valence-corrected chi connectivity index (χ3v) is 4.30. The van der Waals surface area contributed by atoms with E-state index in [1.807, 2.05) is 29.8 Å². The molecule has 1 N–H and O–H groups in total. The topological polar surface area (TPSA) is 46.9 Å². The molecule has 1 amide bonds. The zero-order valence-corrected chi connectivity index (χ0v) is 13.2. The molecule has 0 unspecified atom stereocenters. The molecule has 1 aliphatic rings. The number of hydrogen-bond donors (Lipinski definition) is 1. The van der Waals surface area contributed by atoms with E-state index < -0.39 is 0 Å². The van der Waals surface area contributed by atoms with Crippen LogP contribution in [0.5, 0.6) is 0 Å². The van der Waals surface area contributed by atoms with E-state index >= 15 is 0 Å². The number of rotatable bonds is 6. The van der Waals surface area contributed by atoms with Gasteiger partial charge in [0.2, 0.25) is 5.91 Å².